The number of hydrogen-bond donors (Lipinski definition) is 1. The minimum Gasteiger partial charge on any atom is -0.478 e. The third-order valence-electron chi connectivity index (χ3n) is 2.43. The first-order chi connectivity index (χ1) is 9.13. The zero-order valence-electron chi connectivity index (χ0n) is 9.74. The monoisotopic (exact) mass is 269 g/mol. The van der Waals surface area contributed by atoms with Crippen LogP contribution in [-0.4, -0.2) is 30.2 Å². The highest BCUT2D eigenvalue weighted by molar-refractivity contribution is 7.99. The van der Waals surface area contributed by atoms with E-state index in [4.69, 9.17) is 13.0 Å². The predicted octanol–water partition coefficient (Wildman–Crippen LogP) is 1.54. The maximum atomic E-state index is 11.1. The predicted molar refractivity (Wildman–Crippen MR) is 72.5 cm³/mol. The van der Waals surface area contributed by atoms with Gasteiger partial charge in [-0.2, -0.15) is 0 Å². The maximum absolute atomic E-state index is 11.1. The van der Waals surface area contributed by atoms with Gasteiger partial charge in [0, 0.05) is 16.7 Å². The molecule has 1 aromatic heterocycles. The normalized spacial score (nSPS) is 10.1. The Morgan fingerprint density at radius 2 is 2.11 bits per heavy atom. The van der Waals surface area contributed by atoms with Crippen molar-refractivity contribution in [2.75, 3.05) is 0 Å². The van der Waals surface area contributed by atoms with Crippen LogP contribution < -0.4 is 5.46 Å². The molecule has 0 fully saturated rings. The van der Waals surface area contributed by atoms with Gasteiger partial charge in [-0.3, -0.25) is 4.79 Å². The fourth-order valence-electron chi connectivity index (χ4n) is 1.52. The standard InChI is InChI=1S/C13H8BNO3S/c14-10-4-1-5-11(9(10)7-16)19-12-8(13(17)18)3-2-6-15-12/h1-7H,(H,17,18). The first-order valence-corrected chi connectivity index (χ1v) is 6.15. The fourth-order valence-corrected chi connectivity index (χ4v) is 2.52. The Kier molecular flexibility index (Phi) is 4.01. The number of aromatic carboxylic acids is 1. The summed E-state index contributed by atoms with van der Waals surface area (Å²) in [5.41, 5.74) is 0.786. The quantitative estimate of drug-likeness (QED) is 0.673. The van der Waals surface area contributed by atoms with Crippen molar-refractivity contribution in [3.05, 3.63) is 47.7 Å². The summed E-state index contributed by atoms with van der Waals surface area (Å²) in [5, 5.41) is 9.40. The molecule has 6 heteroatoms. The molecule has 0 aliphatic carbocycles. The van der Waals surface area contributed by atoms with Crippen LogP contribution >= 0.6 is 11.8 Å². The number of carboxylic acids is 1. The van der Waals surface area contributed by atoms with Gasteiger partial charge in [0.05, 0.1) is 5.56 Å². The fraction of sp³-hybridized carbons (Fsp3) is 0. The SMILES string of the molecule is [B]c1cccc(Sc2ncccc2C(=O)O)c1C=O. The molecule has 0 aliphatic rings. The largest absolute Gasteiger partial charge is 0.478 e. The van der Waals surface area contributed by atoms with Gasteiger partial charge >= 0.3 is 5.97 Å². The molecular weight excluding hydrogens is 261 g/mol. The molecule has 0 aliphatic heterocycles. The molecule has 92 valence electrons. The van der Waals surface area contributed by atoms with Gasteiger partial charge in [0.15, 0.2) is 6.29 Å². The highest BCUT2D eigenvalue weighted by atomic mass is 32.2. The van der Waals surface area contributed by atoms with E-state index in [1.165, 1.54) is 12.3 Å². The Labute approximate surface area is 115 Å². The summed E-state index contributed by atoms with van der Waals surface area (Å²) in [6, 6.07) is 8.03. The molecule has 0 spiro atoms. The van der Waals surface area contributed by atoms with Crippen molar-refractivity contribution in [1.82, 2.24) is 4.98 Å². The van der Waals surface area contributed by atoms with Gasteiger partial charge in [-0.25, -0.2) is 9.78 Å². The van der Waals surface area contributed by atoms with Gasteiger partial charge in [0.2, 0.25) is 0 Å². The van der Waals surface area contributed by atoms with E-state index in [1.807, 2.05) is 0 Å². The molecule has 0 saturated heterocycles. The van der Waals surface area contributed by atoms with E-state index in [1.54, 1.807) is 24.3 Å². The van der Waals surface area contributed by atoms with E-state index in [-0.39, 0.29) is 5.56 Å². The molecule has 2 radical (unpaired) electrons. The summed E-state index contributed by atoms with van der Waals surface area (Å²) in [7, 11) is 5.70. The van der Waals surface area contributed by atoms with Crippen LogP contribution in [0.5, 0.6) is 0 Å². The first kappa shape index (κ1) is 13.4. The lowest BCUT2D eigenvalue weighted by Crippen LogP contribution is -2.10. The van der Waals surface area contributed by atoms with Crippen molar-refractivity contribution < 1.29 is 14.7 Å². The molecule has 2 rings (SSSR count). The van der Waals surface area contributed by atoms with Crippen LogP contribution in [0.4, 0.5) is 0 Å². The zero-order valence-corrected chi connectivity index (χ0v) is 10.6. The van der Waals surface area contributed by atoms with Crippen LogP contribution in [0.2, 0.25) is 0 Å². The lowest BCUT2D eigenvalue weighted by atomic mass is 9.91. The third-order valence-corrected chi connectivity index (χ3v) is 3.52. The molecule has 0 bridgehead atoms. The van der Waals surface area contributed by atoms with E-state index in [0.717, 1.165) is 11.8 Å². The van der Waals surface area contributed by atoms with Crippen molar-refractivity contribution in [3.63, 3.8) is 0 Å². The van der Waals surface area contributed by atoms with Gasteiger partial charge < -0.3 is 5.11 Å². The summed E-state index contributed by atoms with van der Waals surface area (Å²) in [4.78, 5) is 26.7. The first-order valence-electron chi connectivity index (χ1n) is 5.33. The number of aromatic nitrogens is 1. The molecule has 4 nitrogen and oxygen atoms in total. The van der Waals surface area contributed by atoms with Crippen molar-refractivity contribution in [3.8, 4) is 0 Å². The number of carbonyl (C=O) groups excluding carboxylic acids is 1. The molecule has 1 aromatic carbocycles. The average Bonchev–Trinajstić information content (AvgIpc) is 2.39. The van der Waals surface area contributed by atoms with Crippen molar-refractivity contribution >= 4 is 37.3 Å². The number of carbonyl (C=O) groups is 2. The molecule has 1 N–H and O–H groups in total. The van der Waals surface area contributed by atoms with Gasteiger partial charge in [0.1, 0.15) is 12.9 Å². The lowest BCUT2D eigenvalue weighted by molar-refractivity contribution is 0.0692. The topological polar surface area (TPSA) is 67.3 Å². The summed E-state index contributed by atoms with van der Waals surface area (Å²) >= 11 is 1.10. The van der Waals surface area contributed by atoms with Crippen molar-refractivity contribution in [1.29, 1.82) is 0 Å². The second kappa shape index (κ2) is 5.71. The number of rotatable bonds is 4. The van der Waals surface area contributed by atoms with E-state index in [9.17, 15) is 9.59 Å². The Balaban J connectivity index is 2.45. The Morgan fingerprint density at radius 3 is 2.79 bits per heavy atom. The Morgan fingerprint density at radius 1 is 1.32 bits per heavy atom. The van der Waals surface area contributed by atoms with Crippen LogP contribution in [0.25, 0.3) is 0 Å². The number of hydrogen-bond acceptors (Lipinski definition) is 4. The van der Waals surface area contributed by atoms with E-state index < -0.39 is 5.97 Å². The summed E-state index contributed by atoms with van der Waals surface area (Å²) in [6.45, 7) is 0. The second-order valence-corrected chi connectivity index (χ2v) is 4.67. The lowest BCUT2D eigenvalue weighted by Gasteiger charge is -2.08. The molecule has 0 atom stereocenters. The van der Waals surface area contributed by atoms with Crippen LogP contribution in [-0.2, 0) is 0 Å². The van der Waals surface area contributed by atoms with Gasteiger partial charge in [-0.1, -0.05) is 29.4 Å². The Bertz CT molecular complexity index is 646. The van der Waals surface area contributed by atoms with Gasteiger partial charge in [-0.15, -0.1) is 0 Å². The van der Waals surface area contributed by atoms with E-state index in [0.29, 0.717) is 27.2 Å². The minimum absolute atomic E-state index is 0.0896. The second-order valence-electron chi connectivity index (χ2n) is 3.64. The van der Waals surface area contributed by atoms with Crippen LogP contribution in [0, 0.1) is 0 Å². The van der Waals surface area contributed by atoms with Crippen LogP contribution in [0.15, 0.2) is 46.5 Å². The smallest absolute Gasteiger partial charge is 0.338 e. The number of aldehydes is 1. The number of nitrogens with zero attached hydrogens (tertiary/aromatic N) is 1. The summed E-state index contributed by atoms with van der Waals surface area (Å²) in [5.74, 6) is -1.06. The Hall–Kier alpha value is -2.08. The number of pyridine rings is 1. The van der Waals surface area contributed by atoms with Crippen LogP contribution in [0.1, 0.15) is 20.7 Å². The highest BCUT2D eigenvalue weighted by Gasteiger charge is 2.14. The third kappa shape index (κ3) is 2.85. The van der Waals surface area contributed by atoms with Crippen molar-refractivity contribution in [2.45, 2.75) is 9.92 Å². The summed E-state index contributed by atoms with van der Waals surface area (Å²) in [6.07, 6.45) is 2.16. The highest BCUT2D eigenvalue weighted by Crippen LogP contribution is 2.29. The molecular formula is C13H8BNO3S. The van der Waals surface area contributed by atoms with Crippen molar-refractivity contribution in [2.24, 2.45) is 0 Å². The maximum Gasteiger partial charge on any atom is 0.338 e. The van der Waals surface area contributed by atoms with Gasteiger partial charge in [0.25, 0.3) is 0 Å². The average molecular weight is 269 g/mol. The molecule has 19 heavy (non-hydrogen) atoms. The molecule has 0 unspecified atom stereocenters. The molecule has 1 heterocycles. The summed E-state index contributed by atoms with van der Waals surface area (Å²) < 4.78 is 0. The number of benzene rings is 1. The van der Waals surface area contributed by atoms with Crippen LogP contribution in [0.3, 0.4) is 0 Å². The minimum atomic E-state index is -1.06. The van der Waals surface area contributed by atoms with E-state index in [2.05, 4.69) is 4.98 Å². The zero-order chi connectivity index (χ0) is 13.8. The molecule has 2 aromatic rings. The number of carboxylic acid groups (broad SMARTS) is 1. The molecule has 0 amide bonds. The van der Waals surface area contributed by atoms with E-state index >= 15 is 0 Å². The molecule has 0 saturated carbocycles. The van der Waals surface area contributed by atoms with Gasteiger partial charge in [-0.05, 0) is 18.2 Å².